The first-order valence-corrected chi connectivity index (χ1v) is 11.7. The zero-order valence-corrected chi connectivity index (χ0v) is 20.8. The summed E-state index contributed by atoms with van der Waals surface area (Å²) < 4.78 is 20.7. The van der Waals surface area contributed by atoms with Crippen LogP contribution in [0.1, 0.15) is 33.5 Å². The predicted octanol–water partition coefficient (Wildman–Crippen LogP) is 0.702. The maximum Gasteiger partial charge on any atom is 0.280 e. The lowest BCUT2D eigenvalue weighted by atomic mass is 10.2. The van der Waals surface area contributed by atoms with Crippen LogP contribution in [0.5, 0.6) is 0 Å². The van der Waals surface area contributed by atoms with Gasteiger partial charge in [-0.15, -0.1) is 5.10 Å². The molecule has 0 spiro atoms. The minimum atomic E-state index is -0.674. The predicted molar refractivity (Wildman–Crippen MR) is 133 cm³/mol. The number of hydrogen-bond donors (Lipinski definition) is 2. The van der Waals surface area contributed by atoms with Crippen molar-refractivity contribution in [2.24, 2.45) is 0 Å². The fourth-order valence-electron chi connectivity index (χ4n) is 4.27. The van der Waals surface area contributed by atoms with Crippen molar-refractivity contribution in [3.05, 3.63) is 75.8 Å². The lowest BCUT2D eigenvalue weighted by Gasteiger charge is -2.23. The Morgan fingerprint density at radius 1 is 1.18 bits per heavy atom. The molecular formula is C24H22FN9O5. The number of halogens is 1. The standard InChI is InChI=1S/C24H22FN9O5/c1-13(12-39-2)32-10-15-21(24(32)38)33(11-19(35)28-17-6-5-14(25)9-26-17)20-8-16(31-34(20)23(15)37)22(36)29-18-4-3-7-27-30-18/h3-9,13H,10-12H2,1-2H3,(H,26,28,35)(H,29,30,36)/t13-/m0/s1. The molecule has 200 valence electrons. The van der Waals surface area contributed by atoms with Gasteiger partial charge in [0.1, 0.15) is 29.5 Å². The van der Waals surface area contributed by atoms with E-state index in [0.29, 0.717) is 0 Å². The lowest BCUT2D eigenvalue weighted by molar-refractivity contribution is -0.116. The summed E-state index contributed by atoms with van der Waals surface area (Å²) in [6.45, 7) is 1.54. The normalized spacial score (nSPS) is 13.4. The molecule has 1 atom stereocenters. The van der Waals surface area contributed by atoms with E-state index < -0.39 is 35.6 Å². The number of ether oxygens (including phenoxy) is 1. The number of carbonyl (C=O) groups excluding carboxylic acids is 3. The fourth-order valence-corrected chi connectivity index (χ4v) is 4.27. The third-order valence-electron chi connectivity index (χ3n) is 6.05. The quantitative estimate of drug-likeness (QED) is 0.330. The number of methoxy groups -OCH3 is 1. The minimum Gasteiger partial charge on any atom is -0.383 e. The molecule has 4 aromatic heterocycles. The lowest BCUT2D eigenvalue weighted by Crippen LogP contribution is -2.37. The monoisotopic (exact) mass is 535 g/mol. The Labute approximate surface area is 219 Å². The van der Waals surface area contributed by atoms with Gasteiger partial charge in [0, 0.05) is 19.4 Å². The maximum absolute atomic E-state index is 13.5. The van der Waals surface area contributed by atoms with E-state index in [2.05, 4.69) is 30.9 Å². The number of rotatable bonds is 8. The summed E-state index contributed by atoms with van der Waals surface area (Å²) in [7, 11) is 1.50. The third-order valence-corrected chi connectivity index (χ3v) is 6.05. The number of nitrogens with one attached hydrogen (secondary N) is 2. The second kappa shape index (κ2) is 10.4. The molecule has 5 rings (SSSR count). The van der Waals surface area contributed by atoms with Gasteiger partial charge < -0.3 is 24.8 Å². The minimum absolute atomic E-state index is 0.00143. The molecule has 2 N–H and O–H groups in total. The molecule has 0 bridgehead atoms. The second-order valence-corrected chi connectivity index (χ2v) is 8.73. The molecule has 1 aliphatic heterocycles. The molecule has 4 aromatic rings. The summed E-state index contributed by atoms with van der Waals surface area (Å²) in [5, 5.41) is 16.7. The van der Waals surface area contributed by atoms with Gasteiger partial charge in [0.2, 0.25) is 5.91 Å². The van der Waals surface area contributed by atoms with Crippen LogP contribution in [0.3, 0.4) is 0 Å². The van der Waals surface area contributed by atoms with Crippen LogP contribution >= 0.6 is 0 Å². The number of hydrogen-bond acceptors (Lipinski definition) is 9. The molecule has 15 heteroatoms. The molecule has 0 radical (unpaired) electrons. The number of fused-ring (bicyclic) bond motifs is 2. The molecule has 14 nitrogen and oxygen atoms in total. The van der Waals surface area contributed by atoms with Crippen molar-refractivity contribution in [1.29, 1.82) is 0 Å². The number of amides is 3. The van der Waals surface area contributed by atoms with Crippen LogP contribution < -0.4 is 16.2 Å². The first kappa shape index (κ1) is 25.6. The van der Waals surface area contributed by atoms with Crippen molar-refractivity contribution < 1.29 is 23.5 Å². The Hall–Kier alpha value is -5.05. The van der Waals surface area contributed by atoms with Crippen molar-refractivity contribution in [2.45, 2.75) is 26.1 Å². The largest absolute Gasteiger partial charge is 0.383 e. The molecule has 0 aliphatic carbocycles. The average molecular weight is 535 g/mol. The van der Waals surface area contributed by atoms with Crippen LogP contribution in [0.2, 0.25) is 0 Å². The molecule has 0 aromatic carbocycles. The van der Waals surface area contributed by atoms with Gasteiger partial charge in [0.15, 0.2) is 11.5 Å². The van der Waals surface area contributed by atoms with Gasteiger partial charge in [-0.25, -0.2) is 9.37 Å². The van der Waals surface area contributed by atoms with Crippen LogP contribution in [-0.4, -0.2) is 71.7 Å². The van der Waals surface area contributed by atoms with Crippen molar-refractivity contribution in [1.82, 2.24) is 34.3 Å². The summed E-state index contributed by atoms with van der Waals surface area (Å²) >= 11 is 0. The zero-order valence-electron chi connectivity index (χ0n) is 20.8. The Morgan fingerprint density at radius 2 is 2.00 bits per heavy atom. The fraction of sp³-hybridized carbons (Fsp3) is 0.250. The van der Waals surface area contributed by atoms with Gasteiger partial charge in [0.05, 0.1) is 31.0 Å². The van der Waals surface area contributed by atoms with E-state index in [0.717, 1.165) is 16.8 Å². The Morgan fingerprint density at radius 3 is 2.69 bits per heavy atom. The van der Waals surface area contributed by atoms with Gasteiger partial charge in [-0.2, -0.15) is 14.7 Å². The number of anilines is 2. The molecule has 39 heavy (non-hydrogen) atoms. The zero-order chi connectivity index (χ0) is 27.7. The van der Waals surface area contributed by atoms with Crippen LogP contribution in [0.25, 0.3) is 5.65 Å². The summed E-state index contributed by atoms with van der Waals surface area (Å²) in [5.41, 5.74) is -0.589. The van der Waals surface area contributed by atoms with Crippen molar-refractivity contribution in [3.63, 3.8) is 0 Å². The van der Waals surface area contributed by atoms with Gasteiger partial charge in [-0.3, -0.25) is 19.2 Å². The van der Waals surface area contributed by atoms with Gasteiger partial charge in [0.25, 0.3) is 17.4 Å². The van der Waals surface area contributed by atoms with E-state index in [-0.39, 0.29) is 53.4 Å². The highest BCUT2D eigenvalue weighted by atomic mass is 19.1. The third kappa shape index (κ3) is 4.94. The van der Waals surface area contributed by atoms with Crippen molar-refractivity contribution >= 4 is 35.0 Å². The summed E-state index contributed by atoms with van der Waals surface area (Å²) in [6.07, 6.45) is 2.39. The molecule has 1 aliphatic rings. The van der Waals surface area contributed by atoms with E-state index >= 15 is 0 Å². The van der Waals surface area contributed by atoms with Crippen molar-refractivity contribution in [3.8, 4) is 0 Å². The van der Waals surface area contributed by atoms with Crippen LogP contribution in [0.15, 0.2) is 47.5 Å². The number of carbonyl (C=O) groups is 3. The highest BCUT2D eigenvalue weighted by Gasteiger charge is 2.37. The molecule has 0 unspecified atom stereocenters. The SMILES string of the molecule is COC[C@H](C)N1Cc2c(n(CC(=O)Nc3ccc(F)cn3)c3cc(C(=O)Nc4cccnn4)nn3c2=O)C1=O. The maximum atomic E-state index is 13.5. The van der Waals surface area contributed by atoms with E-state index in [1.807, 2.05) is 0 Å². The summed E-state index contributed by atoms with van der Waals surface area (Å²) in [5.74, 6) is -2.07. The Balaban J connectivity index is 1.56. The van der Waals surface area contributed by atoms with Crippen LogP contribution in [0.4, 0.5) is 16.0 Å². The van der Waals surface area contributed by atoms with Crippen LogP contribution in [-0.2, 0) is 22.6 Å². The molecule has 0 saturated heterocycles. The molecule has 0 saturated carbocycles. The smallest absolute Gasteiger partial charge is 0.280 e. The van der Waals surface area contributed by atoms with E-state index in [1.165, 1.54) is 41.0 Å². The Bertz CT molecular complexity index is 1640. The average Bonchev–Trinajstić information content (AvgIpc) is 3.52. The molecule has 0 fully saturated rings. The van der Waals surface area contributed by atoms with Gasteiger partial charge in [-0.05, 0) is 31.2 Å². The van der Waals surface area contributed by atoms with Crippen molar-refractivity contribution in [2.75, 3.05) is 24.4 Å². The molecular weight excluding hydrogens is 513 g/mol. The van der Waals surface area contributed by atoms with E-state index in [4.69, 9.17) is 4.74 Å². The number of aromatic nitrogens is 6. The molecule has 5 heterocycles. The van der Waals surface area contributed by atoms with Gasteiger partial charge in [-0.1, -0.05) is 0 Å². The highest BCUT2D eigenvalue weighted by Crippen LogP contribution is 2.25. The first-order chi connectivity index (χ1) is 18.8. The second-order valence-electron chi connectivity index (χ2n) is 8.73. The van der Waals surface area contributed by atoms with Gasteiger partial charge >= 0.3 is 0 Å². The first-order valence-electron chi connectivity index (χ1n) is 11.7. The topological polar surface area (TPSA) is 166 Å². The summed E-state index contributed by atoms with van der Waals surface area (Å²) in [4.78, 5) is 58.0. The van der Waals surface area contributed by atoms with Crippen LogP contribution in [0, 0.1) is 5.82 Å². The number of nitrogens with zero attached hydrogens (tertiary/aromatic N) is 7. The summed E-state index contributed by atoms with van der Waals surface area (Å²) in [6, 6.07) is 6.46. The molecule has 3 amide bonds. The van der Waals surface area contributed by atoms with E-state index in [1.54, 1.807) is 13.0 Å². The van der Waals surface area contributed by atoms with E-state index in [9.17, 15) is 23.6 Å². The highest BCUT2D eigenvalue weighted by molar-refractivity contribution is 6.03. The number of pyridine rings is 1. The Kier molecular flexibility index (Phi) is 6.81.